The quantitative estimate of drug-likeness (QED) is 0.513. The Morgan fingerprint density at radius 2 is 2.21 bits per heavy atom. The molecule has 0 unspecified atom stereocenters. The summed E-state index contributed by atoms with van der Waals surface area (Å²) in [7, 11) is 0. The van der Waals surface area contributed by atoms with Gasteiger partial charge in [-0.1, -0.05) is 23.9 Å². The van der Waals surface area contributed by atoms with Crippen LogP contribution in [0.2, 0.25) is 0 Å². The molecule has 2 aromatic rings. The van der Waals surface area contributed by atoms with E-state index in [1.807, 2.05) is 22.8 Å². The zero-order chi connectivity index (χ0) is 9.54. The van der Waals surface area contributed by atoms with Gasteiger partial charge in [0.1, 0.15) is 12.1 Å². The van der Waals surface area contributed by atoms with Crippen molar-refractivity contribution in [3.8, 4) is 0 Å². The molecule has 0 atom stereocenters. The van der Waals surface area contributed by atoms with Crippen LogP contribution in [0.25, 0.3) is 10.9 Å². The zero-order valence-electron chi connectivity index (χ0n) is 7.49. The predicted octanol–water partition coefficient (Wildman–Crippen LogP) is 0.921. The number of para-hydroxylation sites is 1. The van der Waals surface area contributed by atoms with Crippen molar-refractivity contribution in [1.29, 1.82) is 0 Å². The highest BCUT2D eigenvalue weighted by Crippen LogP contribution is 2.25. The number of fused-ring (bicyclic) bond motifs is 3. The first-order valence-corrected chi connectivity index (χ1v) is 5.52. The van der Waals surface area contributed by atoms with Crippen molar-refractivity contribution in [2.24, 2.45) is 0 Å². The van der Waals surface area contributed by atoms with E-state index in [0.717, 1.165) is 28.2 Å². The second-order valence-electron chi connectivity index (χ2n) is 3.28. The Hall–Kier alpha value is -1.29. The monoisotopic (exact) mass is 205 g/mol. The summed E-state index contributed by atoms with van der Waals surface area (Å²) in [5.74, 6) is 0.997. The van der Waals surface area contributed by atoms with Gasteiger partial charge in [-0.05, 0) is 12.1 Å². The smallest absolute Gasteiger partial charge is 0.203 e. The van der Waals surface area contributed by atoms with Crippen LogP contribution >= 0.6 is 11.8 Å². The predicted molar refractivity (Wildman–Crippen MR) is 55.5 cm³/mol. The van der Waals surface area contributed by atoms with Crippen molar-refractivity contribution < 1.29 is 4.57 Å². The third kappa shape index (κ3) is 1.00. The van der Waals surface area contributed by atoms with Crippen LogP contribution in [0.4, 0.5) is 0 Å². The van der Waals surface area contributed by atoms with E-state index in [2.05, 4.69) is 11.1 Å². The van der Waals surface area contributed by atoms with Crippen LogP contribution in [0.3, 0.4) is 0 Å². The van der Waals surface area contributed by atoms with Gasteiger partial charge in [0, 0.05) is 5.75 Å². The summed E-state index contributed by atoms with van der Waals surface area (Å²) in [5, 5.41) is 2.25. The lowest BCUT2D eigenvalue weighted by molar-refractivity contribution is -0.737. The van der Waals surface area contributed by atoms with Gasteiger partial charge in [0.25, 0.3) is 0 Å². The molecule has 3 nitrogen and oxygen atoms in total. The Morgan fingerprint density at radius 1 is 1.36 bits per heavy atom. The van der Waals surface area contributed by atoms with Crippen LogP contribution in [0.5, 0.6) is 0 Å². The van der Waals surface area contributed by atoms with Gasteiger partial charge in [0.2, 0.25) is 0 Å². The number of thioether (sulfide) groups is 1. The van der Waals surface area contributed by atoms with E-state index in [1.54, 1.807) is 11.8 Å². The van der Waals surface area contributed by atoms with Crippen LogP contribution in [-0.4, -0.2) is 10.7 Å². The molecular weight excluding hydrogens is 196 g/mol. The SMILES string of the molecule is O=c1[nH]c2ccccc2c2[n+]1CCS2. The van der Waals surface area contributed by atoms with Crippen LogP contribution in [0.1, 0.15) is 0 Å². The Morgan fingerprint density at radius 3 is 3.14 bits per heavy atom. The Kier molecular flexibility index (Phi) is 1.64. The first kappa shape index (κ1) is 8.05. The summed E-state index contributed by atoms with van der Waals surface area (Å²) < 4.78 is 1.81. The number of benzene rings is 1. The fourth-order valence-corrected chi connectivity index (χ4v) is 2.92. The molecule has 0 saturated heterocycles. The van der Waals surface area contributed by atoms with E-state index in [9.17, 15) is 4.79 Å². The summed E-state index contributed by atoms with van der Waals surface area (Å²) in [6.45, 7) is 0.820. The van der Waals surface area contributed by atoms with Crippen molar-refractivity contribution in [3.05, 3.63) is 34.7 Å². The van der Waals surface area contributed by atoms with Gasteiger partial charge in [0.05, 0.1) is 5.39 Å². The third-order valence-corrected chi connectivity index (χ3v) is 3.54. The normalized spacial score (nSPS) is 14.6. The molecule has 0 bridgehead atoms. The van der Waals surface area contributed by atoms with E-state index in [0.29, 0.717) is 0 Å². The largest absolute Gasteiger partial charge is 0.497 e. The van der Waals surface area contributed by atoms with E-state index in [-0.39, 0.29) is 5.69 Å². The fourth-order valence-electron chi connectivity index (χ4n) is 1.79. The maximum atomic E-state index is 11.6. The Bertz CT molecular complexity index is 562. The van der Waals surface area contributed by atoms with Crippen LogP contribution in [0.15, 0.2) is 34.1 Å². The van der Waals surface area contributed by atoms with Gasteiger partial charge >= 0.3 is 5.69 Å². The maximum Gasteiger partial charge on any atom is 0.497 e. The summed E-state index contributed by atoms with van der Waals surface area (Å²) >= 11 is 1.75. The molecule has 1 aromatic heterocycles. The minimum Gasteiger partial charge on any atom is -0.203 e. The number of hydrogen-bond donors (Lipinski definition) is 1. The van der Waals surface area contributed by atoms with Crippen molar-refractivity contribution in [2.75, 3.05) is 5.75 Å². The molecule has 1 aromatic carbocycles. The Labute approximate surface area is 84.8 Å². The molecule has 0 radical (unpaired) electrons. The second-order valence-corrected chi connectivity index (χ2v) is 4.36. The van der Waals surface area contributed by atoms with Gasteiger partial charge in [0.15, 0.2) is 5.03 Å². The number of aromatic nitrogens is 2. The van der Waals surface area contributed by atoms with E-state index in [4.69, 9.17) is 0 Å². The summed E-state index contributed by atoms with van der Waals surface area (Å²) in [6.07, 6.45) is 0. The minimum absolute atomic E-state index is 0.00343. The number of hydrogen-bond acceptors (Lipinski definition) is 2. The molecule has 0 fully saturated rings. The molecule has 3 rings (SSSR count). The molecule has 14 heavy (non-hydrogen) atoms. The molecule has 2 heterocycles. The van der Waals surface area contributed by atoms with Crippen LogP contribution in [-0.2, 0) is 6.54 Å². The molecule has 0 aliphatic carbocycles. The number of nitrogens with one attached hydrogen (secondary N) is 1. The Balaban J connectivity index is 2.52. The molecular formula is C10H9N2OS+. The van der Waals surface area contributed by atoms with Crippen molar-refractivity contribution in [2.45, 2.75) is 11.6 Å². The van der Waals surface area contributed by atoms with Crippen LogP contribution < -0.4 is 10.3 Å². The van der Waals surface area contributed by atoms with Gasteiger partial charge in [-0.3, -0.25) is 0 Å². The number of H-pyrrole nitrogens is 1. The van der Waals surface area contributed by atoms with Crippen molar-refractivity contribution in [1.82, 2.24) is 4.98 Å². The van der Waals surface area contributed by atoms with Gasteiger partial charge < -0.3 is 0 Å². The lowest BCUT2D eigenvalue weighted by Crippen LogP contribution is -2.50. The van der Waals surface area contributed by atoms with Gasteiger partial charge in [-0.15, -0.1) is 0 Å². The summed E-state index contributed by atoms with van der Waals surface area (Å²) in [6, 6.07) is 7.93. The van der Waals surface area contributed by atoms with Crippen molar-refractivity contribution in [3.63, 3.8) is 0 Å². The highest BCUT2D eigenvalue weighted by molar-refractivity contribution is 7.99. The maximum absolute atomic E-state index is 11.6. The van der Waals surface area contributed by atoms with E-state index >= 15 is 0 Å². The highest BCUT2D eigenvalue weighted by atomic mass is 32.2. The molecule has 1 aliphatic heterocycles. The summed E-state index contributed by atoms with van der Waals surface area (Å²) in [5.41, 5.74) is 0.932. The van der Waals surface area contributed by atoms with Gasteiger partial charge in [-0.2, -0.15) is 9.36 Å². The standard InChI is InChI=1S/C10H8N2OS/c13-10-11-8-4-2-1-3-7(8)9-12(10)5-6-14-9/h1-4H,5-6H2/p+1. The number of rotatable bonds is 0. The molecule has 1 aliphatic rings. The number of aromatic amines is 1. The second kappa shape index (κ2) is 2.85. The van der Waals surface area contributed by atoms with Crippen LogP contribution in [0, 0.1) is 0 Å². The molecule has 0 saturated carbocycles. The van der Waals surface area contributed by atoms with E-state index in [1.165, 1.54) is 0 Å². The first-order chi connectivity index (χ1) is 6.86. The first-order valence-electron chi connectivity index (χ1n) is 4.54. The lowest BCUT2D eigenvalue weighted by Gasteiger charge is -1.97. The average molecular weight is 205 g/mol. The molecule has 0 spiro atoms. The zero-order valence-corrected chi connectivity index (χ0v) is 8.30. The number of nitrogens with zero attached hydrogens (tertiary/aromatic N) is 1. The van der Waals surface area contributed by atoms with Crippen molar-refractivity contribution >= 4 is 22.7 Å². The minimum atomic E-state index is 0.00343. The molecule has 0 amide bonds. The van der Waals surface area contributed by atoms with Gasteiger partial charge in [-0.25, -0.2) is 4.98 Å². The molecule has 4 heteroatoms. The molecule has 1 N–H and O–H groups in total. The molecule has 70 valence electrons. The lowest BCUT2D eigenvalue weighted by atomic mass is 10.2. The topological polar surface area (TPSA) is 36.7 Å². The fraction of sp³-hybridized carbons (Fsp3) is 0.200. The highest BCUT2D eigenvalue weighted by Gasteiger charge is 2.22. The third-order valence-electron chi connectivity index (χ3n) is 2.44. The summed E-state index contributed by atoms with van der Waals surface area (Å²) in [4.78, 5) is 14.5. The van der Waals surface area contributed by atoms with E-state index < -0.39 is 0 Å². The average Bonchev–Trinajstić information content (AvgIpc) is 2.67.